The third-order valence-corrected chi connectivity index (χ3v) is 2.60. The smallest absolute Gasteiger partial charge is 0.0675 e. The molecule has 0 fully saturated rings. The SMILES string of the molecule is C[N+](C)(C)C.C[N+](C)(C)C.C[N+](C)(C)C.C[N+](C)(C)C.NC(CC(=O)[O-])C(CC(=O)[O-])(CC(=O)[O-])NCC(=O)[O-]. The van der Waals surface area contributed by atoms with Gasteiger partial charge in [0.15, 0.2) is 0 Å². The molecule has 0 radical (unpaired) electrons. The fourth-order valence-corrected chi connectivity index (χ4v) is 1.72. The van der Waals surface area contributed by atoms with Crippen LogP contribution >= 0.6 is 0 Å². The molecule has 14 heteroatoms. The van der Waals surface area contributed by atoms with Crippen molar-refractivity contribution in [2.24, 2.45) is 5.73 Å². The monoisotopic (exact) mass is 584 g/mol. The molecule has 0 aromatic carbocycles. The van der Waals surface area contributed by atoms with E-state index in [0.29, 0.717) is 0 Å². The van der Waals surface area contributed by atoms with Crippen molar-refractivity contribution in [2.45, 2.75) is 30.8 Å². The lowest BCUT2D eigenvalue weighted by Gasteiger charge is -2.41. The van der Waals surface area contributed by atoms with Crippen molar-refractivity contribution in [1.29, 1.82) is 0 Å². The van der Waals surface area contributed by atoms with Gasteiger partial charge in [-0.15, -0.1) is 0 Å². The molecule has 1 atom stereocenters. The lowest BCUT2D eigenvalue weighted by Crippen LogP contribution is -2.64. The Labute approximate surface area is 242 Å². The summed E-state index contributed by atoms with van der Waals surface area (Å²) in [7, 11) is 34.0. The number of nitrogens with two attached hydrogens (primary N) is 1. The molecule has 0 aliphatic heterocycles. The first-order valence-electron chi connectivity index (χ1n) is 12.5. The summed E-state index contributed by atoms with van der Waals surface area (Å²) >= 11 is 0. The van der Waals surface area contributed by atoms with Gasteiger partial charge < -0.3 is 68.6 Å². The van der Waals surface area contributed by atoms with Gasteiger partial charge in [0.25, 0.3) is 0 Å². The first-order chi connectivity index (χ1) is 17.1. The number of rotatable bonds is 10. The Morgan fingerprint density at radius 3 is 0.925 bits per heavy atom. The minimum absolute atomic E-state index is 0.888. The molecule has 0 heterocycles. The summed E-state index contributed by atoms with van der Waals surface area (Å²) in [5.74, 6) is -6.81. The number of nitrogens with one attached hydrogen (secondary N) is 1. The van der Waals surface area contributed by atoms with E-state index in [9.17, 15) is 39.6 Å². The van der Waals surface area contributed by atoms with Crippen LogP contribution in [0.3, 0.4) is 0 Å². The van der Waals surface area contributed by atoms with E-state index in [1.165, 1.54) is 0 Å². The highest BCUT2D eigenvalue weighted by Crippen LogP contribution is 2.21. The first kappa shape index (κ1) is 47.4. The van der Waals surface area contributed by atoms with Crippen LogP contribution in [0.25, 0.3) is 0 Å². The van der Waals surface area contributed by atoms with E-state index in [4.69, 9.17) is 5.73 Å². The number of carboxylic acids is 4. The molecule has 0 aromatic heterocycles. The molecule has 0 bridgehead atoms. The molecule has 0 amide bonds. The van der Waals surface area contributed by atoms with Gasteiger partial charge in [-0.05, 0) is 0 Å². The zero-order valence-corrected chi connectivity index (χ0v) is 28.0. The standard InChI is InChI=1S/C10H16N2O8.4C4H12N/c11-5(1-6(13)14)10(2-7(15)16,3-8(17)18)12-4-9(19)20;4*1-5(2,3)4/h5,12H,1-4,11H2,(H,13,14)(H,15,16)(H,17,18)(H,19,20);4*1-4H3/q;4*+1/p-4. The molecule has 0 saturated heterocycles. The lowest BCUT2D eigenvalue weighted by atomic mass is 9.82. The maximum atomic E-state index is 10.7. The molecule has 14 nitrogen and oxygen atoms in total. The highest BCUT2D eigenvalue weighted by Gasteiger charge is 2.36. The number of quaternary nitrogens is 4. The average Bonchev–Trinajstić information content (AvgIpc) is 2.51. The average molecular weight is 585 g/mol. The molecular weight excluding hydrogens is 524 g/mol. The van der Waals surface area contributed by atoms with Crippen molar-refractivity contribution >= 4 is 23.9 Å². The molecule has 0 rings (SSSR count). The maximum Gasteiger partial charge on any atom is 0.0675 e. The van der Waals surface area contributed by atoms with Crippen LogP contribution in [0.1, 0.15) is 19.3 Å². The predicted octanol–water partition coefficient (Wildman–Crippen LogP) is -5.90. The zero-order chi connectivity index (χ0) is 33.9. The van der Waals surface area contributed by atoms with Crippen molar-refractivity contribution < 1.29 is 57.5 Å². The number of carbonyl (C=O) groups is 4. The summed E-state index contributed by atoms with van der Waals surface area (Å²) in [5.41, 5.74) is 3.39. The number of nitrogens with zero attached hydrogens (tertiary/aromatic N) is 4. The molecule has 0 saturated carbocycles. The summed E-state index contributed by atoms with van der Waals surface area (Å²) in [6.07, 6.45) is -2.94. The van der Waals surface area contributed by atoms with Crippen LogP contribution in [0.4, 0.5) is 0 Å². The van der Waals surface area contributed by atoms with Crippen molar-refractivity contribution in [1.82, 2.24) is 5.32 Å². The van der Waals surface area contributed by atoms with E-state index in [-0.39, 0.29) is 0 Å². The predicted molar refractivity (Wildman–Crippen MR) is 148 cm³/mol. The molecule has 0 aliphatic carbocycles. The summed E-state index contributed by atoms with van der Waals surface area (Å²) in [5, 5.41) is 44.3. The van der Waals surface area contributed by atoms with Crippen LogP contribution in [-0.2, 0) is 19.2 Å². The summed E-state index contributed by atoms with van der Waals surface area (Å²) < 4.78 is 4.00. The summed E-state index contributed by atoms with van der Waals surface area (Å²) in [6.45, 7) is -0.929. The second kappa shape index (κ2) is 20.5. The fourth-order valence-electron chi connectivity index (χ4n) is 1.72. The Morgan fingerprint density at radius 1 is 0.550 bits per heavy atom. The molecule has 0 aliphatic rings. The van der Waals surface area contributed by atoms with Gasteiger partial charge in [0, 0.05) is 55.3 Å². The van der Waals surface area contributed by atoms with E-state index in [2.05, 4.69) is 118 Å². The molecule has 40 heavy (non-hydrogen) atoms. The molecule has 0 aromatic rings. The third-order valence-electron chi connectivity index (χ3n) is 2.60. The largest absolute Gasteiger partial charge is 0.550 e. The van der Waals surface area contributed by atoms with Crippen molar-refractivity contribution in [3.63, 3.8) is 0 Å². The Morgan fingerprint density at radius 2 is 0.775 bits per heavy atom. The number of hydrogen-bond acceptors (Lipinski definition) is 10. The quantitative estimate of drug-likeness (QED) is 0.233. The number of aliphatic carboxylic acids is 4. The Bertz CT molecular complexity index is 645. The van der Waals surface area contributed by atoms with E-state index in [1.54, 1.807) is 0 Å². The van der Waals surface area contributed by atoms with Gasteiger partial charge in [-0.2, -0.15) is 0 Å². The highest BCUT2D eigenvalue weighted by molar-refractivity contribution is 5.73. The van der Waals surface area contributed by atoms with Crippen LogP contribution in [0.5, 0.6) is 0 Å². The highest BCUT2D eigenvalue weighted by atomic mass is 16.4. The van der Waals surface area contributed by atoms with Crippen LogP contribution in [-0.4, -0.2) is 173 Å². The van der Waals surface area contributed by atoms with Crippen LogP contribution in [0, 0.1) is 0 Å². The number of carbonyl (C=O) groups excluding carboxylic acids is 4. The number of hydrogen-bond donors (Lipinski definition) is 2. The molecule has 3 N–H and O–H groups in total. The van der Waals surface area contributed by atoms with Gasteiger partial charge in [0.2, 0.25) is 0 Å². The van der Waals surface area contributed by atoms with Gasteiger partial charge >= 0.3 is 0 Å². The molecule has 0 spiro atoms. The van der Waals surface area contributed by atoms with Crippen LogP contribution < -0.4 is 31.5 Å². The van der Waals surface area contributed by atoms with Crippen LogP contribution in [0.15, 0.2) is 0 Å². The second-order valence-electron chi connectivity index (χ2n) is 14.9. The molecule has 242 valence electrons. The second-order valence-corrected chi connectivity index (χ2v) is 14.9. The van der Waals surface area contributed by atoms with Crippen LogP contribution in [0.2, 0.25) is 0 Å². The normalized spacial score (nSPS) is 12.3. The van der Waals surface area contributed by atoms with Crippen molar-refractivity contribution in [3.8, 4) is 0 Å². The van der Waals surface area contributed by atoms with Crippen molar-refractivity contribution in [2.75, 3.05) is 119 Å². The fraction of sp³-hybridized carbons (Fsp3) is 0.846. The maximum absolute atomic E-state index is 10.7. The summed E-state index contributed by atoms with van der Waals surface area (Å²) in [6, 6.07) is -1.55. The minimum atomic E-state index is -2.07. The Balaban J connectivity index is -0.000000164. The molecule has 1 unspecified atom stereocenters. The zero-order valence-electron chi connectivity index (χ0n) is 28.0. The lowest BCUT2D eigenvalue weighted by molar-refractivity contribution is -0.849. The van der Waals surface area contributed by atoms with Gasteiger partial charge in [0.05, 0.1) is 119 Å². The van der Waals surface area contributed by atoms with Crippen molar-refractivity contribution in [3.05, 3.63) is 0 Å². The van der Waals surface area contributed by atoms with Gasteiger partial charge in [0.1, 0.15) is 0 Å². The van der Waals surface area contributed by atoms with Gasteiger partial charge in [-0.25, -0.2) is 0 Å². The van der Waals surface area contributed by atoms with E-state index < -0.39 is 61.3 Å². The van der Waals surface area contributed by atoms with E-state index in [1.807, 2.05) is 0 Å². The van der Waals surface area contributed by atoms with Gasteiger partial charge in [-0.1, -0.05) is 0 Å². The summed E-state index contributed by atoms with van der Waals surface area (Å²) in [4.78, 5) is 42.3. The Kier molecular flexibility index (Phi) is 24.3. The minimum Gasteiger partial charge on any atom is -0.550 e. The Hall–Kier alpha value is -2.36. The van der Waals surface area contributed by atoms with Gasteiger partial charge in [-0.3, -0.25) is 0 Å². The van der Waals surface area contributed by atoms with E-state index in [0.717, 1.165) is 17.9 Å². The third kappa shape index (κ3) is 76.5. The topological polar surface area (TPSA) is 199 Å². The first-order valence-corrected chi connectivity index (χ1v) is 12.5. The van der Waals surface area contributed by atoms with E-state index >= 15 is 0 Å². The molecular formula is C26H60N6O8. The number of carboxylic acid groups (broad SMARTS) is 4.